The number of carbonyl (C=O) groups excluding carboxylic acids is 1. The van der Waals surface area contributed by atoms with Gasteiger partial charge in [0.15, 0.2) is 5.71 Å². The van der Waals surface area contributed by atoms with Gasteiger partial charge in [0, 0.05) is 53.9 Å². The molecule has 3 nitrogen and oxygen atoms in total. The molecule has 0 aliphatic carbocycles. The largest absolute Gasteiger partial charge is 0.344 e. The summed E-state index contributed by atoms with van der Waals surface area (Å²) in [7, 11) is 0. The van der Waals surface area contributed by atoms with Gasteiger partial charge in [-0.3, -0.25) is 0 Å². The molecule has 1 atom stereocenters. The van der Waals surface area contributed by atoms with Crippen LogP contribution in [0.2, 0.25) is 0 Å². The van der Waals surface area contributed by atoms with Crippen molar-refractivity contribution < 1.29 is 9.37 Å². The highest BCUT2D eigenvalue weighted by atomic mass is 16.1. The van der Waals surface area contributed by atoms with Gasteiger partial charge in [0.25, 0.3) is 0 Å². The van der Waals surface area contributed by atoms with E-state index >= 15 is 0 Å². The molecule has 1 unspecified atom stereocenters. The summed E-state index contributed by atoms with van der Waals surface area (Å²) in [6.45, 7) is 19.9. The number of benzene rings is 2. The lowest BCUT2D eigenvalue weighted by Crippen LogP contribution is -2.29. The maximum atomic E-state index is 11.6. The summed E-state index contributed by atoms with van der Waals surface area (Å²) < 4.78 is 2.54. The molecule has 0 saturated heterocycles. The van der Waals surface area contributed by atoms with Crippen molar-refractivity contribution in [1.82, 2.24) is 0 Å². The molecular weight excluding hydrogens is 524 g/mol. The standard InChI is InChI=1S/C40H55N2O/c1-9-11-26-41-35-23-21-30(3)28-33(35)39(6,7)37(41)19-14-13-15-20-38-40(8,25-17-16-18-32(5)43)34-29-31(4)22-24-36(34)42(38)27-12-10-2/h13-15,19-24,28-29H,9-12,16-18,25-27H2,1-8H3/q+1. The minimum Gasteiger partial charge on any atom is -0.344 e. The molecule has 4 rings (SSSR count). The number of fused-ring (bicyclic) bond motifs is 2. The van der Waals surface area contributed by atoms with Crippen LogP contribution in [-0.2, 0) is 15.6 Å². The van der Waals surface area contributed by atoms with Crippen molar-refractivity contribution in [2.24, 2.45) is 0 Å². The number of ketones is 1. The Morgan fingerprint density at radius 3 is 2.26 bits per heavy atom. The lowest BCUT2D eigenvalue weighted by molar-refractivity contribution is -0.438. The zero-order chi connectivity index (χ0) is 31.2. The zero-order valence-electron chi connectivity index (χ0n) is 28.2. The van der Waals surface area contributed by atoms with E-state index in [1.54, 1.807) is 6.92 Å². The average Bonchev–Trinajstić information content (AvgIpc) is 3.31. The van der Waals surface area contributed by atoms with Crippen LogP contribution in [0.5, 0.6) is 0 Å². The molecule has 0 saturated carbocycles. The number of unbranched alkanes of at least 4 members (excludes halogenated alkanes) is 3. The summed E-state index contributed by atoms with van der Waals surface area (Å²) in [6.07, 6.45) is 19.8. The normalized spacial score (nSPS) is 20.2. The molecular formula is C40H55N2O+. The number of Topliss-reactive ketones (excluding diaryl/α,β-unsaturated/α-hetero) is 1. The van der Waals surface area contributed by atoms with Gasteiger partial charge < -0.3 is 9.69 Å². The molecule has 2 aromatic carbocycles. The Bertz CT molecular complexity index is 1440. The molecule has 3 heteroatoms. The molecule has 43 heavy (non-hydrogen) atoms. The van der Waals surface area contributed by atoms with Gasteiger partial charge in [-0.15, -0.1) is 0 Å². The van der Waals surface area contributed by atoms with E-state index in [-0.39, 0.29) is 16.6 Å². The van der Waals surface area contributed by atoms with Crippen LogP contribution in [-0.4, -0.2) is 29.2 Å². The van der Waals surface area contributed by atoms with E-state index in [1.807, 2.05) is 0 Å². The molecule has 0 bridgehead atoms. The fourth-order valence-electron chi connectivity index (χ4n) is 7.04. The van der Waals surface area contributed by atoms with Crippen LogP contribution in [0.25, 0.3) is 0 Å². The second-order valence-corrected chi connectivity index (χ2v) is 13.6. The highest BCUT2D eigenvalue weighted by Gasteiger charge is 2.44. The third-order valence-corrected chi connectivity index (χ3v) is 9.60. The molecule has 2 aliphatic heterocycles. The monoisotopic (exact) mass is 579 g/mol. The number of hydrogen-bond donors (Lipinski definition) is 0. The summed E-state index contributed by atoms with van der Waals surface area (Å²) in [5, 5.41) is 0. The van der Waals surface area contributed by atoms with Crippen LogP contribution in [0.3, 0.4) is 0 Å². The first kappa shape index (κ1) is 32.7. The van der Waals surface area contributed by atoms with Gasteiger partial charge in [0.05, 0.1) is 5.41 Å². The molecule has 230 valence electrons. The summed E-state index contributed by atoms with van der Waals surface area (Å²) in [4.78, 5) is 14.2. The quantitative estimate of drug-likeness (QED) is 0.126. The molecule has 2 aromatic rings. The summed E-state index contributed by atoms with van der Waals surface area (Å²) >= 11 is 0. The van der Waals surface area contributed by atoms with Crippen LogP contribution in [0.15, 0.2) is 72.5 Å². The fraction of sp³-hybridized carbons (Fsp3) is 0.500. The number of anilines is 1. The lowest BCUT2D eigenvalue weighted by atomic mass is 9.76. The molecule has 2 heterocycles. The Morgan fingerprint density at radius 2 is 1.56 bits per heavy atom. The van der Waals surface area contributed by atoms with Crippen LogP contribution >= 0.6 is 0 Å². The first-order chi connectivity index (χ1) is 20.5. The second-order valence-electron chi connectivity index (χ2n) is 13.6. The number of rotatable bonds is 14. The summed E-state index contributed by atoms with van der Waals surface area (Å²) in [5.41, 5.74) is 10.9. The maximum Gasteiger partial charge on any atom is 0.209 e. The van der Waals surface area contributed by atoms with E-state index in [4.69, 9.17) is 0 Å². The fourth-order valence-corrected chi connectivity index (χ4v) is 7.04. The molecule has 0 N–H and O–H groups in total. The van der Waals surface area contributed by atoms with Gasteiger partial charge >= 0.3 is 0 Å². The second kappa shape index (κ2) is 14.1. The van der Waals surface area contributed by atoms with Crippen LogP contribution in [0.1, 0.15) is 115 Å². The summed E-state index contributed by atoms with van der Waals surface area (Å²) in [5.74, 6) is 0.290. The van der Waals surface area contributed by atoms with Gasteiger partial charge in [0.1, 0.15) is 12.3 Å². The van der Waals surface area contributed by atoms with Crippen LogP contribution < -0.4 is 4.90 Å². The van der Waals surface area contributed by atoms with E-state index < -0.39 is 0 Å². The SMILES string of the molecule is CCCCN1C(=CC=CC=CC2=[N+](CCCC)c3ccc(C)cc3C2(C)C)C(C)(CCCCC(C)=O)c2cc(C)ccc21. The average molecular weight is 580 g/mol. The number of hydrogen-bond acceptors (Lipinski definition) is 2. The van der Waals surface area contributed by atoms with E-state index in [9.17, 15) is 4.79 Å². The Morgan fingerprint density at radius 1 is 0.860 bits per heavy atom. The number of nitrogens with zero attached hydrogens (tertiary/aromatic N) is 2. The predicted octanol–water partition coefficient (Wildman–Crippen LogP) is 10.2. The highest BCUT2D eigenvalue weighted by Crippen LogP contribution is 2.51. The Kier molecular flexibility index (Phi) is 10.7. The third kappa shape index (κ3) is 6.97. The Balaban J connectivity index is 1.66. The van der Waals surface area contributed by atoms with Crippen molar-refractivity contribution in [3.63, 3.8) is 0 Å². The maximum absolute atomic E-state index is 11.6. The van der Waals surface area contributed by atoms with E-state index in [0.717, 1.165) is 38.8 Å². The van der Waals surface area contributed by atoms with E-state index in [0.29, 0.717) is 6.42 Å². The van der Waals surface area contributed by atoms with Crippen molar-refractivity contribution in [1.29, 1.82) is 0 Å². The van der Waals surface area contributed by atoms with Gasteiger partial charge in [0.2, 0.25) is 5.69 Å². The highest BCUT2D eigenvalue weighted by molar-refractivity contribution is 6.03. The minimum absolute atomic E-state index is 0.0295. The number of carbonyl (C=O) groups is 1. The van der Waals surface area contributed by atoms with Crippen molar-refractivity contribution >= 4 is 22.9 Å². The van der Waals surface area contributed by atoms with Gasteiger partial charge in [-0.25, -0.2) is 0 Å². The molecule has 0 spiro atoms. The molecule has 2 aliphatic rings. The minimum atomic E-state index is -0.0708. The Hall–Kier alpha value is -3.20. The topological polar surface area (TPSA) is 23.3 Å². The van der Waals surface area contributed by atoms with Gasteiger partial charge in [-0.1, -0.05) is 80.7 Å². The molecule has 0 radical (unpaired) electrons. The first-order valence-electron chi connectivity index (χ1n) is 16.7. The van der Waals surface area contributed by atoms with Crippen LogP contribution in [0, 0.1) is 13.8 Å². The van der Waals surface area contributed by atoms with E-state index in [1.165, 1.54) is 64.3 Å². The van der Waals surface area contributed by atoms with Crippen molar-refractivity contribution in [2.75, 3.05) is 18.0 Å². The smallest absolute Gasteiger partial charge is 0.209 e. The number of aryl methyl sites for hydroxylation is 2. The Labute approximate surface area is 262 Å². The lowest BCUT2D eigenvalue weighted by Gasteiger charge is -2.30. The molecule has 0 amide bonds. The first-order valence-corrected chi connectivity index (χ1v) is 16.7. The third-order valence-electron chi connectivity index (χ3n) is 9.60. The molecule has 0 fully saturated rings. The predicted molar refractivity (Wildman–Crippen MR) is 185 cm³/mol. The van der Waals surface area contributed by atoms with Crippen molar-refractivity contribution in [2.45, 2.75) is 118 Å². The van der Waals surface area contributed by atoms with Crippen molar-refractivity contribution in [3.05, 3.63) is 94.7 Å². The van der Waals surface area contributed by atoms with Gasteiger partial charge in [-0.2, -0.15) is 4.58 Å². The molecule has 0 aromatic heterocycles. The van der Waals surface area contributed by atoms with Crippen LogP contribution in [0.4, 0.5) is 11.4 Å². The zero-order valence-corrected chi connectivity index (χ0v) is 28.2. The number of allylic oxidation sites excluding steroid dienone is 6. The van der Waals surface area contributed by atoms with E-state index in [2.05, 4.69) is 125 Å². The van der Waals surface area contributed by atoms with Crippen molar-refractivity contribution in [3.8, 4) is 0 Å². The summed E-state index contributed by atoms with van der Waals surface area (Å²) in [6, 6.07) is 13.9. The van der Waals surface area contributed by atoms with Gasteiger partial charge in [-0.05, 0) is 84.6 Å².